The molecule has 18 heavy (non-hydrogen) atoms. The summed E-state index contributed by atoms with van der Waals surface area (Å²) in [5, 5.41) is 1.76. The van der Waals surface area contributed by atoms with Gasteiger partial charge in [-0.3, -0.25) is 4.79 Å². The molecule has 0 fully saturated rings. The maximum atomic E-state index is 12.6. The Morgan fingerprint density at radius 3 is 2.72 bits per heavy atom. The van der Waals surface area contributed by atoms with Crippen molar-refractivity contribution in [3.05, 3.63) is 57.7 Å². The van der Waals surface area contributed by atoms with Crippen LogP contribution in [0, 0.1) is 6.92 Å². The summed E-state index contributed by atoms with van der Waals surface area (Å²) in [5.41, 5.74) is 2.47. The van der Waals surface area contributed by atoms with Crippen molar-refractivity contribution in [2.24, 2.45) is 0 Å². The Hall–Kier alpha value is -1.67. The van der Waals surface area contributed by atoms with E-state index in [-0.39, 0.29) is 5.43 Å². The minimum absolute atomic E-state index is 0.180. The molecule has 0 spiro atoms. The van der Waals surface area contributed by atoms with Gasteiger partial charge < -0.3 is 0 Å². The molecule has 0 amide bonds. The quantitative estimate of drug-likeness (QED) is 0.592. The average molecular weight is 254 g/mol. The van der Waals surface area contributed by atoms with Crippen molar-refractivity contribution in [2.45, 2.75) is 20.3 Å². The van der Waals surface area contributed by atoms with E-state index in [1.54, 1.807) is 11.3 Å². The van der Waals surface area contributed by atoms with Crippen molar-refractivity contribution >= 4 is 31.5 Å². The van der Waals surface area contributed by atoms with Gasteiger partial charge in [-0.25, -0.2) is 0 Å². The smallest absolute Gasteiger partial charge is 0.196 e. The topological polar surface area (TPSA) is 17.1 Å². The molecule has 0 N–H and O–H groups in total. The number of benzene rings is 2. The zero-order valence-electron chi connectivity index (χ0n) is 10.5. The average Bonchev–Trinajstić information content (AvgIpc) is 2.39. The lowest BCUT2D eigenvalue weighted by atomic mass is 10.1. The molecular weight excluding hydrogens is 240 g/mol. The van der Waals surface area contributed by atoms with Gasteiger partial charge in [0.25, 0.3) is 0 Å². The zero-order valence-corrected chi connectivity index (χ0v) is 11.3. The van der Waals surface area contributed by atoms with Gasteiger partial charge in [-0.2, -0.15) is 0 Å². The summed E-state index contributed by atoms with van der Waals surface area (Å²) in [6, 6.07) is 12.2. The van der Waals surface area contributed by atoms with Crippen molar-refractivity contribution < 1.29 is 0 Å². The molecule has 2 heteroatoms. The van der Waals surface area contributed by atoms with Crippen LogP contribution in [0.3, 0.4) is 0 Å². The molecule has 1 heterocycles. The summed E-state index contributed by atoms with van der Waals surface area (Å²) in [6.07, 6.45) is 0.899. The highest BCUT2D eigenvalue weighted by Gasteiger charge is 2.08. The van der Waals surface area contributed by atoms with Gasteiger partial charge in [0.1, 0.15) is 0 Å². The van der Waals surface area contributed by atoms with E-state index in [2.05, 4.69) is 25.1 Å². The molecule has 3 rings (SSSR count). The first-order chi connectivity index (χ1) is 8.70. The highest BCUT2D eigenvalue weighted by molar-refractivity contribution is 7.24. The maximum Gasteiger partial charge on any atom is 0.196 e. The second kappa shape index (κ2) is 4.21. The number of fused-ring (bicyclic) bond motifs is 2. The predicted octanol–water partition coefficient (Wildman–Crippen LogP) is 4.29. The highest BCUT2D eigenvalue weighted by atomic mass is 32.1. The van der Waals surface area contributed by atoms with E-state index in [0.29, 0.717) is 0 Å². The van der Waals surface area contributed by atoms with Gasteiger partial charge in [0.05, 0.1) is 0 Å². The first-order valence-electron chi connectivity index (χ1n) is 6.16. The van der Waals surface area contributed by atoms with Gasteiger partial charge in [0, 0.05) is 20.2 Å². The lowest BCUT2D eigenvalue weighted by Gasteiger charge is -2.05. The van der Waals surface area contributed by atoms with E-state index in [1.807, 2.05) is 25.1 Å². The van der Waals surface area contributed by atoms with Crippen molar-refractivity contribution in [1.29, 1.82) is 0 Å². The molecule has 0 unspecified atom stereocenters. The third kappa shape index (κ3) is 1.65. The standard InChI is InChI=1S/C16H14OS/c1-3-11-5-4-6-14-15(11)16(17)12-9-10(2)7-8-13(12)18-14/h4-9H,3H2,1-2H3. The zero-order chi connectivity index (χ0) is 12.7. The fourth-order valence-corrected chi connectivity index (χ4v) is 3.48. The van der Waals surface area contributed by atoms with Crippen LogP contribution >= 0.6 is 11.3 Å². The van der Waals surface area contributed by atoms with Crippen LogP contribution in [0.2, 0.25) is 0 Å². The van der Waals surface area contributed by atoms with Crippen molar-refractivity contribution in [2.75, 3.05) is 0 Å². The molecule has 1 nitrogen and oxygen atoms in total. The Balaban J connectivity index is 2.58. The van der Waals surface area contributed by atoms with E-state index in [9.17, 15) is 4.79 Å². The molecular formula is C16H14OS. The van der Waals surface area contributed by atoms with E-state index < -0.39 is 0 Å². The number of hydrogen-bond acceptors (Lipinski definition) is 2. The third-order valence-electron chi connectivity index (χ3n) is 3.32. The molecule has 2 aromatic carbocycles. The van der Waals surface area contributed by atoms with E-state index >= 15 is 0 Å². The Labute approximate surface area is 110 Å². The molecule has 0 aliphatic heterocycles. The molecule has 0 saturated carbocycles. The van der Waals surface area contributed by atoms with Crippen LogP contribution in [0.4, 0.5) is 0 Å². The molecule has 0 atom stereocenters. The van der Waals surface area contributed by atoms with Crippen molar-refractivity contribution in [1.82, 2.24) is 0 Å². The molecule has 1 aromatic heterocycles. The Morgan fingerprint density at radius 1 is 1.11 bits per heavy atom. The van der Waals surface area contributed by atoms with Crippen LogP contribution in [-0.2, 0) is 6.42 Å². The van der Waals surface area contributed by atoms with Gasteiger partial charge in [0.15, 0.2) is 5.43 Å². The fourth-order valence-electron chi connectivity index (χ4n) is 2.38. The van der Waals surface area contributed by atoms with Crippen LogP contribution in [0.15, 0.2) is 41.2 Å². The lowest BCUT2D eigenvalue weighted by molar-refractivity contribution is 1.16. The second-order valence-electron chi connectivity index (χ2n) is 4.57. The lowest BCUT2D eigenvalue weighted by Crippen LogP contribution is -2.04. The summed E-state index contributed by atoms with van der Waals surface area (Å²) >= 11 is 1.70. The second-order valence-corrected chi connectivity index (χ2v) is 5.66. The number of aryl methyl sites for hydroxylation is 2. The Morgan fingerprint density at radius 2 is 1.94 bits per heavy atom. The summed E-state index contributed by atoms with van der Waals surface area (Å²) in [5.74, 6) is 0. The van der Waals surface area contributed by atoms with Gasteiger partial charge in [0.2, 0.25) is 0 Å². The van der Waals surface area contributed by atoms with Crippen LogP contribution in [0.25, 0.3) is 20.2 Å². The molecule has 0 aliphatic rings. The summed E-state index contributed by atoms with van der Waals surface area (Å²) in [4.78, 5) is 12.6. The summed E-state index contributed by atoms with van der Waals surface area (Å²) in [6.45, 7) is 4.12. The Bertz CT molecular complexity index is 799. The summed E-state index contributed by atoms with van der Waals surface area (Å²) < 4.78 is 2.17. The molecule has 0 saturated heterocycles. The van der Waals surface area contributed by atoms with E-state index in [0.717, 1.165) is 37.7 Å². The molecule has 3 aromatic rings. The summed E-state index contributed by atoms with van der Waals surface area (Å²) in [7, 11) is 0. The van der Waals surface area contributed by atoms with Gasteiger partial charge in [-0.15, -0.1) is 11.3 Å². The first kappa shape index (κ1) is 11.4. The molecule has 90 valence electrons. The highest BCUT2D eigenvalue weighted by Crippen LogP contribution is 2.27. The van der Waals surface area contributed by atoms with Crippen LogP contribution in [-0.4, -0.2) is 0 Å². The first-order valence-corrected chi connectivity index (χ1v) is 6.97. The van der Waals surface area contributed by atoms with Crippen molar-refractivity contribution in [3.8, 4) is 0 Å². The van der Waals surface area contributed by atoms with Crippen LogP contribution in [0.1, 0.15) is 18.1 Å². The van der Waals surface area contributed by atoms with Crippen LogP contribution < -0.4 is 5.43 Å². The minimum Gasteiger partial charge on any atom is -0.288 e. The van der Waals surface area contributed by atoms with E-state index in [1.165, 1.54) is 0 Å². The monoisotopic (exact) mass is 254 g/mol. The normalized spacial score (nSPS) is 11.2. The predicted molar refractivity (Wildman–Crippen MR) is 79.7 cm³/mol. The largest absolute Gasteiger partial charge is 0.288 e. The van der Waals surface area contributed by atoms with Crippen molar-refractivity contribution in [3.63, 3.8) is 0 Å². The van der Waals surface area contributed by atoms with Crippen LogP contribution in [0.5, 0.6) is 0 Å². The SMILES string of the molecule is CCc1cccc2sc3ccc(C)cc3c(=O)c12. The molecule has 0 bridgehead atoms. The molecule has 0 aliphatic carbocycles. The molecule has 0 radical (unpaired) electrons. The third-order valence-corrected chi connectivity index (χ3v) is 4.46. The fraction of sp³-hybridized carbons (Fsp3) is 0.188. The van der Waals surface area contributed by atoms with Gasteiger partial charge in [-0.05, 0) is 37.1 Å². The maximum absolute atomic E-state index is 12.6. The van der Waals surface area contributed by atoms with Gasteiger partial charge in [-0.1, -0.05) is 30.7 Å². The minimum atomic E-state index is 0.180. The number of hydrogen-bond donors (Lipinski definition) is 0. The Kier molecular flexibility index (Phi) is 2.67. The van der Waals surface area contributed by atoms with Gasteiger partial charge >= 0.3 is 0 Å². The number of rotatable bonds is 1. The van der Waals surface area contributed by atoms with E-state index in [4.69, 9.17) is 0 Å².